The van der Waals surface area contributed by atoms with Crippen LogP contribution in [0.25, 0.3) is 0 Å². The van der Waals surface area contributed by atoms with E-state index < -0.39 is 15.5 Å². The number of para-hydroxylation sites is 2. The van der Waals surface area contributed by atoms with Gasteiger partial charge < -0.3 is 9.64 Å². The van der Waals surface area contributed by atoms with Gasteiger partial charge in [-0.25, -0.2) is 0 Å². The average Bonchev–Trinajstić information content (AvgIpc) is 2.45. The number of ether oxygens (including phenoxy) is 1. The van der Waals surface area contributed by atoms with Gasteiger partial charge in [-0.05, 0) is 36.8 Å². The average molecular weight is 384 g/mol. The fourth-order valence-electron chi connectivity index (χ4n) is 2.60. The van der Waals surface area contributed by atoms with Gasteiger partial charge >= 0.3 is 0 Å². The Kier molecular flexibility index (Phi) is 3.88. The SMILES string of the molecule is CCC(N1c2ccccc2Oc2cc(Br)ccc21)S(=O)(=O)O. The summed E-state index contributed by atoms with van der Waals surface area (Å²) in [5.41, 5.74) is 1.22. The number of fused-ring (bicyclic) bond motifs is 2. The molecule has 0 aromatic heterocycles. The number of halogens is 1. The maximum atomic E-state index is 11.8. The van der Waals surface area contributed by atoms with E-state index in [0.29, 0.717) is 22.9 Å². The van der Waals surface area contributed by atoms with E-state index in [4.69, 9.17) is 4.74 Å². The monoisotopic (exact) mass is 383 g/mol. The maximum absolute atomic E-state index is 11.8. The minimum atomic E-state index is -4.25. The normalized spacial score (nSPS) is 14.8. The molecule has 0 aliphatic carbocycles. The van der Waals surface area contributed by atoms with Crippen LogP contribution in [-0.4, -0.2) is 18.3 Å². The summed E-state index contributed by atoms with van der Waals surface area (Å²) in [7, 11) is -4.25. The molecule has 5 nitrogen and oxygen atoms in total. The highest BCUT2D eigenvalue weighted by molar-refractivity contribution is 9.10. The lowest BCUT2D eigenvalue weighted by molar-refractivity contribution is 0.451. The second kappa shape index (κ2) is 5.57. The molecule has 1 N–H and O–H groups in total. The van der Waals surface area contributed by atoms with Gasteiger partial charge in [-0.2, -0.15) is 8.42 Å². The van der Waals surface area contributed by atoms with Crippen LogP contribution in [0.5, 0.6) is 11.5 Å². The van der Waals surface area contributed by atoms with Crippen LogP contribution >= 0.6 is 15.9 Å². The van der Waals surface area contributed by atoms with Crippen molar-refractivity contribution in [1.82, 2.24) is 0 Å². The molecule has 0 amide bonds. The second-order valence-electron chi connectivity index (χ2n) is 4.93. The van der Waals surface area contributed by atoms with Crippen LogP contribution in [-0.2, 0) is 10.1 Å². The van der Waals surface area contributed by atoms with E-state index in [9.17, 15) is 13.0 Å². The van der Waals surface area contributed by atoms with Crippen molar-refractivity contribution in [3.8, 4) is 11.5 Å². The minimum Gasteiger partial charge on any atom is -0.453 e. The van der Waals surface area contributed by atoms with Gasteiger partial charge in [-0.15, -0.1) is 0 Å². The third kappa shape index (κ3) is 2.60. The van der Waals surface area contributed by atoms with Crippen LogP contribution in [0.4, 0.5) is 11.4 Å². The largest absolute Gasteiger partial charge is 0.453 e. The Balaban J connectivity index is 2.25. The van der Waals surface area contributed by atoms with Crippen molar-refractivity contribution in [1.29, 1.82) is 0 Å². The van der Waals surface area contributed by atoms with Crippen molar-refractivity contribution in [2.45, 2.75) is 18.7 Å². The van der Waals surface area contributed by atoms with Gasteiger partial charge in [0.1, 0.15) is 0 Å². The van der Waals surface area contributed by atoms with Crippen molar-refractivity contribution >= 4 is 37.4 Å². The lowest BCUT2D eigenvalue weighted by Crippen LogP contribution is -2.38. The van der Waals surface area contributed by atoms with Crippen molar-refractivity contribution < 1.29 is 17.7 Å². The maximum Gasteiger partial charge on any atom is 0.286 e. The Bertz CT molecular complexity index is 822. The summed E-state index contributed by atoms with van der Waals surface area (Å²) in [6.07, 6.45) is 0.239. The summed E-state index contributed by atoms with van der Waals surface area (Å²) in [5, 5.41) is -1.07. The molecule has 0 saturated heterocycles. The number of nitrogens with zero attached hydrogens (tertiary/aromatic N) is 1. The topological polar surface area (TPSA) is 66.8 Å². The Morgan fingerprint density at radius 2 is 1.86 bits per heavy atom. The molecule has 116 valence electrons. The summed E-state index contributed by atoms with van der Waals surface area (Å²) >= 11 is 3.38. The van der Waals surface area contributed by atoms with Crippen LogP contribution < -0.4 is 9.64 Å². The molecule has 1 heterocycles. The summed E-state index contributed by atoms with van der Waals surface area (Å²) in [4.78, 5) is 1.61. The summed E-state index contributed by atoms with van der Waals surface area (Å²) in [5.74, 6) is 1.09. The van der Waals surface area contributed by atoms with E-state index >= 15 is 0 Å². The first kappa shape index (κ1) is 15.3. The van der Waals surface area contributed by atoms with Crippen molar-refractivity contribution in [2.24, 2.45) is 0 Å². The van der Waals surface area contributed by atoms with E-state index in [0.717, 1.165) is 4.47 Å². The predicted molar refractivity (Wildman–Crippen MR) is 88.4 cm³/mol. The van der Waals surface area contributed by atoms with Gasteiger partial charge in [0.05, 0.1) is 11.4 Å². The molecule has 0 saturated carbocycles. The molecule has 0 radical (unpaired) electrons. The first-order valence-electron chi connectivity index (χ1n) is 6.73. The predicted octanol–water partition coefficient (Wildman–Crippen LogP) is 4.32. The van der Waals surface area contributed by atoms with Gasteiger partial charge in [0, 0.05) is 4.47 Å². The molecule has 0 spiro atoms. The number of hydrogen-bond acceptors (Lipinski definition) is 4. The Labute approximate surface area is 137 Å². The second-order valence-corrected chi connectivity index (χ2v) is 7.42. The highest BCUT2D eigenvalue weighted by Gasteiger charge is 2.35. The number of benzene rings is 2. The molecular formula is C15H14BrNO4S. The highest BCUT2D eigenvalue weighted by Crippen LogP contribution is 2.49. The zero-order valence-corrected chi connectivity index (χ0v) is 14.1. The van der Waals surface area contributed by atoms with Crippen molar-refractivity contribution in [3.63, 3.8) is 0 Å². The first-order valence-corrected chi connectivity index (χ1v) is 9.03. The number of anilines is 2. The van der Waals surface area contributed by atoms with Crippen molar-refractivity contribution in [2.75, 3.05) is 4.90 Å². The first-order chi connectivity index (χ1) is 10.4. The van der Waals surface area contributed by atoms with Crippen LogP contribution in [0.2, 0.25) is 0 Å². The molecule has 22 heavy (non-hydrogen) atoms. The molecule has 2 aromatic carbocycles. The molecule has 0 bridgehead atoms. The molecule has 0 fully saturated rings. The fourth-order valence-corrected chi connectivity index (χ4v) is 3.85. The van der Waals surface area contributed by atoms with E-state index in [-0.39, 0.29) is 6.42 Å². The Morgan fingerprint density at radius 3 is 2.55 bits per heavy atom. The smallest absolute Gasteiger partial charge is 0.286 e. The van der Waals surface area contributed by atoms with Crippen LogP contribution in [0.3, 0.4) is 0 Å². The van der Waals surface area contributed by atoms with Crippen molar-refractivity contribution in [3.05, 3.63) is 46.9 Å². The lowest BCUT2D eigenvalue weighted by Gasteiger charge is -2.36. The molecule has 2 aromatic rings. The van der Waals surface area contributed by atoms with E-state index in [1.165, 1.54) is 0 Å². The van der Waals surface area contributed by atoms with Crippen LogP contribution in [0.15, 0.2) is 46.9 Å². The quantitative estimate of drug-likeness (QED) is 0.799. The van der Waals surface area contributed by atoms with E-state index in [1.807, 2.05) is 6.07 Å². The standard InChI is InChI=1S/C15H14BrNO4S/c1-2-15(22(18,19)20)17-11-5-3-4-6-13(11)21-14-9-10(16)7-8-12(14)17/h3-9,15H,2H2,1H3,(H,18,19,20). The van der Waals surface area contributed by atoms with Crippen LogP contribution in [0, 0.1) is 0 Å². The van der Waals surface area contributed by atoms with Crippen LogP contribution in [0.1, 0.15) is 13.3 Å². The molecule has 7 heteroatoms. The summed E-state index contributed by atoms with van der Waals surface area (Å²) < 4.78 is 39.9. The van der Waals surface area contributed by atoms with Gasteiger partial charge in [0.2, 0.25) is 0 Å². The minimum absolute atomic E-state index is 0.239. The molecule has 1 atom stereocenters. The van der Waals surface area contributed by atoms with Gasteiger partial charge in [0.25, 0.3) is 10.1 Å². The molecular weight excluding hydrogens is 370 g/mol. The van der Waals surface area contributed by atoms with E-state index in [1.54, 1.807) is 48.2 Å². The molecule has 1 aliphatic rings. The van der Waals surface area contributed by atoms with Gasteiger partial charge in [-0.3, -0.25) is 4.55 Å². The number of hydrogen-bond donors (Lipinski definition) is 1. The highest BCUT2D eigenvalue weighted by atomic mass is 79.9. The number of rotatable bonds is 3. The molecule has 1 unspecified atom stereocenters. The van der Waals surface area contributed by atoms with Gasteiger partial charge in [-0.1, -0.05) is 35.0 Å². The van der Waals surface area contributed by atoms with Gasteiger partial charge in [0.15, 0.2) is 16.9 Å². The zero-order chi connectivity index (χ0) is 15.9. The van der Waals surface area contributed by atoms with E-state index in [2.05, 4.69) is 15.9 Å². The zero-order valence-electron chi connectivity index (χ0n) is 11.7. The molecule has 1 aliphatic heterocycles. The third-order valence-electron chi connectivity index (χ3n) is 3.51. The summed E-state index contributed by atoms with van der Waals surface area (Å²) in [6.45, 7) is 1.72. The summed E-state index contributed by atoms with van der Waals surface area (Å²) in [6, 6.07) is 12.5. The third-order valence-corrected chi connectivity index (χ3v) is 5.23. The Hall–Kier alpha value is -1.57. The fraction of sp³-hybridized carbons (Fsp3) is 0.200. The lowest BCUT2D eigenvalue weighted by atomic mass is 10.1. The molecule has 3 rings (SSSR count). The Morgan fingerprint density at radius 1 is 1.18 bits per heavy atom.